The molecule has 0 N–H and O–H groups in total. The van der Waals surface area contributed by atoms with Crippen LogP contribution in [0.4, 0.5) is 10.1 Å². The molecule has 5 nitrogen and oxygen atoms in total. The lowest BCUT2D eigenvalue weighted by atomic mass is 10.3. The standard InChI is InChI=1S/C11H6BrFN2O3/c12-9-3-2-8(5-10(9)13)18-11-4-1-7(6-14-11)15(16)17/h1-6H. The van der Waals surface area contributed by atoms with Crippen molar-refractivity contribution in [1.82, 2.24) is 4.98 Å². The number of hydrogen-bond donors (Lipinski definition) is 0. The molecular formula is C11H6BrFN2O3. The van der Waals surface area contributed by atoms with E-state index in [-0.39, 0.29) is 17.3 Å². The van der Waals surface area contributed by atoms with Crippen LogP contribution in [0.2, 0.25) is 0 Å². The lowest BCUT2D eigenvalue weighted by Gasteiger charge is -2.04. The van der Waals surface area contributed by atoms with Gasteiger partial charge in [-0.05, 0) is 28.1 Å². The van der Waals surface area contributed by atoms with Crippen LogP contribution in [-0.4, -0.2) is 9.91 Å². The summed E-state index contributed by atoms with van der Waals surface area (Å²) in [6.45, 7) is 0. The van der Waals surface area contributed by atoms with Gasteiger partial charge in [-0.25, -0.2) is 9.37 Å². The number of pyridine rings is 1. The number of rotatable bonds is 3. The smallest absolute Gasteiger partial charge is 0.287 e. The Morgan fingerprint density at radius 2 is 2.11 bits per heavy atom. The Balaban J connectivity index is 2.18. The average molecular weight is 313 g/mol. The van der Waals surface area contributed by atoms with E-state index in [0.717, 1.165) is 6.20 Å². The number of benzene rings is 1. The molecule has 2 rings (SSSR count). The molecule has 0 unspecified atom stereocenters. The van der Waals surface area contributed by atoms with Gasteiger partial charge in [0.2, 0.25) is 5.88 Å². The molecule has 7 heteroatoms. The van der Waals surface area contributed by atoms with Crippen molar-refractivity contribution < 1.29 is 14.1 Å². The summed E-state index contributed by atoms with van der Waals surface area (Å²) in [5.74, 6) is -0.0474. The molecule has 1 heterocycles. The van der Waals surface area contributed by atoms with Gasteiger partial charge >= 0.3 is 0 Å². The molecule has 0 bridgehead atoms. The van der Waals surface area contributed by atoms with Crippen LogP contribution < -0.4 is 4.74 Å². The number of aromatic nitrogens is 1. The van der Waals surface area contributed by atoms with Gasteiger partial charge in [-0.15, -0.1) is 0 Å². The van der Waals surface area contributed by atoms with Crippen molar-refractivity contribution in [2.45, 2.75) is 0 Å². The van der Waals surface area contributed by atoms with Crippen LogP contribution in [-0.2, 0) is 0 Å². The summed E-state index contributed by atoms with van der Waals surface area (Å²) in [7, 11) is 0. The highest BCUT2D eigenvalue weighted by Gasteiger charge is 2.07. The molecule has 92 valence electrons. The summed E-state index contributed by atoms with van der Waals surface area (Å²) in [5, 5.41) is 10.4. The van der Waals surface area contributed by atoms with E-state index in [1.54, 1.807) is 6.07 Å². The summed E-state index contributed by atoms with van der Waals surface area (Å²) in [4.78, 5) is 13.6. The van der Waals surface area contributed by atoms with Gasteiger partial charge in [0.15, 0.2) is 0 Å². The van der Waals surface area contributed by atoms with Gasteiger partial charge in [0.25, 0.3) is 5.69 Å². The molecular weight excluding hydrogens is 307 g/mol. The maximum Gasteiger partial charge on any atom is 0.287 e. The van der Waals surface area contributed by atoms with Crippen LogP contribution in [0.5, 0.6) is 11.6 Å². The van der Waals surface area contributed by atoms with Crippen LogP contribution in [0.25, 0.3) is 0 Å². The van der Waals surface area contributed by atoms with Crippen LogP contribution >= 0.6 is 15.9 Å². The van der Waals surface area contributed by atoms with Gasteiger partial charge in [-0.3, -0.25) is 10.1 Å². The number of nitrogens with zero attached hydrogens (tertiary/aromatic N) is 2. The maximum absolute atomic E-state index is 13.2. The van der Waals surface area contributed by atoms with Crippen molar-refractivity contribution in [3.63, 3.8) is 0 Å². The fourth-order valence-corrected chi connectivity index (χ4v) is 1.45. The zero-order valence-electron chi connectivity index (χ0n) is 8.84. The van der Waals surface area contributed by atoms with Crippen LogP contribution in [0.3, 0.4) is 0 Å². The molecule has 0 aliphatic heterocycles. The maximum atomic E-state index is 13.2. The first kappa shape index (κ1) is 12.4. The van der Waals surface area contributed by atoms with Crippen LogP contribution in [0, 0.1) is 15.9 Å². The van der Waals surface area contributed by atoms with Crippen molar-refractivity contribution in [3.05, 3.63) is 56.9 Å². The van der Waals surface area contributed by atoms with Gasteiger partial charge in [0, 0.05) is 18.2 Å². The molecule has 0 saturated heterocycles. The molecule has 0 fully saturated rings. The Kier molecular flexibility index (Phi) is 3.52. The first-order valence-electron chi connectivity index (χ1n) is 4.79. The predicted octanol–water partition coefficient (Wildman–Crippen LogP) is 3.68. The third kappa shape index (κ3) is 2.80. The topological polar surface area (TPSA) is 65.3 Å². The molecule has 0 spiro atoms. The lowest BCUT2D eigenvalue weighted by Crippen LogP contribution is -1.92. The first-order chi connectivity index (χ1) is 8.56. The Hall–Kier alpha value is -2.02. The Bertz CT molecular complexity index is 589. The van der Waals surface area contributed by atoms with Gasteiger partial charge in [0.05, 0.1) is 9.40 Å². The minimum atomic E-state index is -0.559. The van der Waals surface area contributed by atoms with E-state index in [0.29, 0.717) is 4.47 Å². The third-order valence-corrected chi connectivity index (χ3v) is 2.69. The zero-order chi connectivity index (χ0) is 13.1. The SMILES string of the molecule is O=[N+]([O-])c1ccc(Oc2ccc(Br)c(F)c2)nc1. The van der Waals surface area contributed by atoms with Crippen LogP contribution in [0.15, 0.2) is 41.0 Å². The molecule has 18 heavy (non-hydrogen) atoms. The van der Waals surface area contributed by atoms with Gasteiger partial charge in [-0.2, -0.15) is 0 Å². The first-order valence-corrected chi connectivity index (χ1v) is 5.59. The highest BCUT2D eigenvalue weighted by Crippen LogP contribution is 2.25. The summed E-state index contributed by atoms with van der Waals surface area (Å²) in [5.41, 5.74) is -0.135. The van der Waals surface area contributed by atoms with E-state index < -0.39 is 10.7 Å². The molecule has 0 saturated carbocycles. The van der Waals surface area contributed by atoms with Gasteiger partial charge < -0.3 is 4.74 Å². The van der Waals surface area contributed by atoms with Gasteiger partial charge in [-0.1, -0.05) is 0 Å². The summed E-state index contributed by atoms with van der Waals surface area (Å²) in [6, 6.07) is 6.84. The monoisotopic (exact) mass is 312 g/mol. The van der Waals surface area contributed by atoms with E-state index in [4.69, 9.17) is 4.74 Å². The quantitative estimate of drug-likeness (QED) is 0.640. The number of nitro groups is 1. The van der Waals surface area contributed by atoms with Crippen molar-refractivity contribution in [2.24, 2.45) is 0 Å². The molecule has 2 aromatic rings. The number of ether oxygens (including phenoxy) is 1. The third-order valence-electron chi connectivity index (χ3n) is 2.05. The van der Waals surface area contributed by atoms with Crippen molar-refractivity contribution in [2.75, 3.05) is 0 Å². The Morgan fingerprint density at radius 1 is 1.33 bits per heavy atom. The number of hydrogen-bond acceptors (Lipinski definition) is 4. The fraction of sp³-hybridized carbons (Fsp3) is 0. The normalized spacial score (nSPS) is 10.1. The second-order valence-electron chi connectivity index (χ2n) is 3.29. The zero-order valence-corrected chi connectivity index (χ0v) is 10.4. The second kappa shape index (κ2) is 5.09. The molecule has 1 aromatic carbocycles. The van der Waals surface area contributed by atoms with E-state index >= 15 is 0 Å². The van der Waals surface area contributed by atoms with E-state index in [1.807, 2.05) is 0 Å². The molecule has 0 atom stereocenters. The molecule has 1 aromatic heterocycles. The average Bonchev–Trinajstić information content (AvgIpc) is 2.34. The molecule has 0 aliphatic rings. The minimum absolute atomic E-state index is 0.135. The molecule has 0 radical (unpaired) electrons. The van der Waals surface area contributed by atoms with E-state index in [2.05, 4.69) is 20.9 Å². The summed E-state index contributed by atoms with van der Waals surface area (Å²) in [6.07, 6.45) is 1.07. The van der Waals surface area contributed by atoms with Crippen molar-refractivity contribution in [1.29, 1.82) is 0 Å². The molecule has 0 aliphatic carbocycles. The second-order valence-corrected chi connectivity index (χ2v) is 4.14. The Labute approximate surface area is 110 Å². The minimum Gasteiger partial charge on any atom is -0.439 e. The van der Waals surface area contributed by atoms with Crippen LogP contribution in [0.1, 0.15) is 0 Å². The van der Waals surface area contributed by atoms with E-state index in [9.17, 15) is 14.5 Å². The highest BCUT2D eigenvalue weighted by molar-refractivity contribution is 9.10. The predicted molar refractivity (Wildman–Crippen MR) is 65.1 cm³/mol. The largest absolute Gasteiger partial charge is 0.439 e. The summed E-state index contributed by atoms with van der Waals surface area (Å²) < 4.78 is 18.8. The van der Waals surface area contributed by atoms with Crippen molar-refractivity contribution >= 4 is 21.6 Å². The van der Waals surface area contributed by atoms with Gasteiger partial charge in [0.1, 0.15) is 17.8 Å². The number of halogens is 2. The lowest BCUT2D eigenvalue weighted by molar-refractivity contribution is -0.385. The Morgan fingerprint density at radius 3 is 2.67 bits per heavy atom. The van der Waals surface area contributed by atoms with Crippen molar-refractivity contribution in [3.8, 4) is 11.6 Å². The van der Waals surface area contributed by atoms with E-state index in [1.165, 1.54) is 24.3 Å². The highest BCUT2D eigenvalue weighted by atomic mass is 79.9. The molecule has 0 amide bonds. The summed E-state index contributed by atoms with van der Waals surface area (Å²) >= 11 is 3.02. The fourth-order valence-electron chi connectivity index (χ4n) is 1.20.